The molecule has 1 aromatic carbocycles. The molecule has 8 heteroatoms. The first kappa shape index (κ1) is 20.6. The number of nitrogens with zero attached hydrogens (tertiary/aromatic N) is 3. The first-order valence-corrected chi connectivity index (χ1v) is 9.76. The summed E-state index contributed by atoms with van der Waals surface area (Å²) in [7, 11) is 0. The lowest BCUT2D eigenvalue weighted by molar-refractivity contribution is -0.151. The Morgan fingerprint density at radius 1 is 0.893 bits per heavy atom. The third-order valence-electron chi connectivity index (χ3n) is 5.46. The van der Waals surface area contributed by atoms with E-state index in [2.05, 4.69) is 0 Å². The molecular weight excluding hydrogens is 371 g/mol. The largest absolute Gasteiger partial charge is 0.401 e. The van der Waals surface area contributed by atoms with E-state index in [9.17, 15) is 22.8 Å². The highest BCUT2D eigenvalue weighted by Crippen LogP contribution is 2.24. The Hall–Kier alpha value is -2.09. The van der Waals surface area contributed by atoms with Crippen LogP contribution in [-0.4, -0.2) is 78.5 Å². The fraction of sp³-hybridized carbons (Fsp3) is 0.600. The van der Waals surface area contributed by atoms with Gasteiger partial charge in [-0.1, -0.05) is 18.2 Å². The number of likely N-dealkylation sites (tertiary alicyclic amines) is 1. The van der Waals surface area contributed by atoms with Crippen LogP contribution < -0.4 is 0 Å². The van der Waals surface area contributed by atoms with E-state index in [1.165, 1.54) is 4.90 Å². The van der Waals surface area contributed by atoms with Crippen LogP contribution in [0.2, 0.25) is 0 Å². The number of carbonyl (C=O) groups excluding carboxylic acids is 2. The molecule has 5 nitrogen and oxygen atoms in total. The van der Waals surface area contributed by atoms with Crippen LogP contribution in [0.15, 0.2) is 30.3 Å². The molecule has 3 rings (SSSR count). The molecule has 0 radical (unpaired) electrons. The second kappa shape index (κ2) is 8.94. The molecule has 1 aromatic rings. The third-order valence-corrected chi connectivity index (χ3v) is 5.46. The van der Waals surface area contributed by atoms with Gasteiger partial charge in [0, 0.05) is 37.7 Å². The fourth-order valence-corrected chi connectivity index (χ4v) is 3.95. The molecular formula is C20H26F3N3O2. The van der Waals surface area contributed by atoms with Crippen molar-refractivity contribution in [1.82, 2.24) is 14.7 Å². The minimum absolute atomic E-state index is 0.0145. The summed E-state index contributed by atoms with van der Waals surface area (Å²) in [5.74, 6) is -0.239. The summed E-state index contributed by atoms with van der Waals surface area (Å²) in [5.41, 5.74) is 0.638. The number of piperidine rings is 1. The van der Waals surface area contributed by atoms with Gasteiger partial charge in [-0.2, -0.15) is 13.2 Å². The van der Waals surface area contributed by atoms with Crippen molar-refractivity contribution in [2.45, 2.75) is 25.4 Å². The molecule has 0 bridgehead atoms. The maximum atomic E-state index is 12.8. The number of benzene rings is 1. The van der Waals surface area contributed by atoms with Crippen LogP contribution in [0, 0.1) is 5.92 Å². The molecule has 2 fully saturated rings. The van der Waals surface area contributed by atoms with Gasteiger partial charge in [-0.15, -0.1) is 0 Å². The van der Waals surface area contributed by atoms with Crippen molar-refractivity contribution in [2.75, 3.05) is 45.8 Å². The lowest BCUT2D eigenvalue weighted by Gasteiger charge is -2.34. The van der Waals surface area contributed by atoms with Gasteiger partial charge >= 0.3 is 6.18 Å². The Bertz CT molecular complexity index is 673. The average molecular weight is 397 g/mol. The minimum Gasteiger partial charge on any atom is -0.341 e. The molecule has 2 amide bonds. The van der Waals surface area contributed by atoms with E-state index in [1.54, 1.807) is 21.9 Å². The SMILES string of the molecule is O=C(c1ccccc1)N1CCCN(C(=O)C2CCN(CC(F)(F)F)CC2)CC1. The van der Waals surface area contributed by atoms with E-state index in [0.29, 0.717) is 64.1 Å². The van der Waals surface area contributed by atoms with Crippen molar-refractivity contribution >= 4 is 11.8 Å². The van der Waals surface area contributed by atoms with Crippen LogP contribution in [0.4, 0.5) is 13.2 Å². The van der Waals surface area contributed by atoms with Crippen LogP contribution in [-0.2, 0) is 4.79 Å². The summed E-state index contributed by atoms with van der Waals surface area (Å²) in [6, 6.07) is 9.08. The molecule has 0 spiro atoms. The standard InChI is InChI=1S/C20H26F3N3O2/c21-20(22,23)15-24-11-7-17(8-12-24)19(28)26-10-4-9-25(13-14-26)18(27)16-5-2-1-3-6-16/h1-3,5-6,17H,4,7-15H2. The fourth-order valence-electron chi connectivity index (χ4n) is 3.95. The van der Waals surface area contributed by atoms with Gasteiger partial charge in [-0.05, 0) is 44.5 Å². The third kappa shape index (κ3) is 5.47. The molecule has 2 saturated heterocycles. The van der Waals surface area contributed by atoms with Crippen molar-refractivity contribution < 1.29 is 22.8 Å². The van der Waals surface area contributed by atoms with Crippen LogP contribution in [0.5, 0.6) is 0 Å². The Morgan fingerprint density at radius 3 is 2.14 bits per heavy atom. The van der Waals surface area contributed by atoms with E-state index >= 15 is 0 Å². The predicted molar refractivity (Wildman–Crippen MR) is 98.8 cm³/mol. The zero-order valence-corrected chi connectivity index (χ0v) is 15.8. The molecule has 0 aromatic heterocycles. The number of hydrogen-bond donors (Lipinski definition) is 0. The van der Waals surface area contributed by atoms with Gasteiger partial charge in [0.05, 0.1) is 6.54 Å². The van der Waals surface area contributed by atoms with Crippen molar-refractivity contribution in [3.05, 3.63) is 35.9 Å². The highest BCUT2D eigenvalue weighted by molar-refractivity contribution is 5.94. The van der Waals surface area contributed by atoms with Gasteiger partial charge in [-0.3, -0.25) is 14.5 Å². The lowest BCUT2D eigenvalue weighted by atomic mass is 9.95. The van der Waals surface area contributed by atoms with Crippen LogP contribution in [0.1, 0.15) is 29.6 Å². The van der Waals surface area contributed by atoms with Gasteiger partial charge < -0.3 is 9.80 Å². The van der Waals surface area contributed by atoms with Crippen molar-refractivity contribution in [3.8, 4) is 0 Å². The van der Waals surface area contributed by atoms with E-state index in [4.69, 9.17) is 0 Å². The smallest absolute Gasteiger partial charge is 0.341 e. The maximum absolute atomic E-state index is 12.8. The molecule has 0 atom stereocenters. The van der Waals surface area contributed by atoms with E-state index < -0.39 is 12.7 Å². The molecule has 2 aliphatic heterocycles. The monoisotopic (exact) mass is 397 g/mol. The van der Waals surface area contributed by atoms with Gasteiger partial charge in [0.1, 0.15) is 0 Å². The van der Waals surface area contributed by atoms with E-state index in [1.807, 2.05) is 18.2 Å². The summed E-state index contributed by atoms with van der Waals surface area (Å²) in [5, 5.41) is 0. The van der Waals surface area contributed by atoms with E-state index in [-0.39, 0.29) is 17.7 Å². The highest BCUT2D eigenvalue weighted by Gasteiger charge is 2.35. The van der Waals surface area contributed by atoms with Crippen LogP contribution >= 0.6 is 0 Å². The summed E-state index contributed by atoms with van der Waals surface area (Å²) in [6.07, 6.45) is -2.58. The normalized spacial score (nSPS) is 20.1. The number of hydrogen-bond acceptors (Lipinski definition) is 3. The van der Waals surface area contributed by atoms with Gasteiger partial charge in [0.15, 0.2) is 0 Å². The molecule has 0 aliphatic carbocycles. The number of rotatable bonds is 3. The highest BCUT2D eigenvalue weighted by atomic mass is 19.4. The lowest BCUT2D eigenvalue weighted by Crippen LogP contribution is -2.46. The Morgan fingerprint density at radius 2 is 1.50 bits per heavy atom. The topological polar surface area (TPSA) is 43.9 Å². The van der Waals surface area contributed by atoms with Gasteiger partial charge in [-0.25, -0.2) is 0 Å². The average Bonchev–Trinajstić information content (AvgIpc) is 2.93. The Balaban J connectivity index is 1.50. The van der Waals surface area contributed by atoms with Gasteiger partial charge in [0.25, 0.3) is 5.91 Å². The minimum atomic E-state index is -4.20. The summed E-state index contributed by atoms with van der Waals surface area (Å²) in [6.45, 7) is 1.81. The van der Waals surface area contributed by atoms with Crippen LogP contribution in [0.25, 0.3) is 0 Å². The second-order valence-corrected chi connectivity index (χ2v) is 7.50. The van der Waals surface area contributed by atoms with Crippen molar-refractivity contribution in [2.24, 2.45) is 5.92 Å². The summed E-state index contributed by atoms with van der Waals surface area (Å²) >= 11 is 0. The maximum Gasteiger partial charge on any atom is 0.401 e. The number of alkyl halides is 3. The number of carbonyl (C=O) groups is 2. The summed E-state index contributed by atoms with van der Waals surface area (Å²) < 4.78 is 37.5. The predicted octanol–water partition coefficient (Wildman–Crippen LogP) is 2.64. The first-order valence-electron chi connectivity index (χ1n) is 9.76. The first-order chi connectivity index (χ1) is 13.3. The molecule has 0 saturated carbocycles. The Labute approximate surface area is 163 Å². The van der Waals surface area contributed by atoms with E-state index in [0.717, 1.165) is 0 Å². The molecule has 0 N–H and O–H groups in total. The van der Waals surface area contributed by atoms with Crippen LogP contribution in [0.3, 0.4) is 0 Å². The molecule has 0 unspecified atom stereocenters. The second-order valence-electron chi connectivity index (χ2n) is 7.50. The molecule has 154 valence electrons. The summed E-state index contributed by atoms with van der Waals surface area (Å²) in [4.78, 5) is 30.4. The quantitative estimate of drug-likeness (QED) is 0.788. The van der Waals surface area contributed by atoms with Gasteiger partial charge in [0.2, 0.25) is 5.91 Å². The molecule has 28 heavy (non-hydrogen) atoms. The molecule has 2 aliphatic rings. The van der Waals surface area contributed by atoms with Crippen molar-refractivity contribution in [1.29, 1.82) is 0 Å². The molecule has 2 heterocycles. The zero-order chi connectivity index (χ0) is 20.1. The zero-order valence-electron chi connectivity index (χ0n) is 15.8. The van der Waals surface area contributed by atoms with Crippen molar-refractivity contribution in [3.63, 3.8) is 0 Å². The number of amides is 2. The number of halogens is 3. The Kier molecular flexibility index (Phi) is 6.59.